The molecule has 0 saturated heterocycles. The topological polar surface area (TPSA) is 165 Å². The van der Waals surface area contributed by atoms with E-state index in [-0.39, 0.29) is 42.3 Å². The smallest absolute Gasteiger partial charge is 0.252 e. The molecule has 0 spiro atoms. The van der Waals surface area contributed by atoms with E-state index in [9.17, 15) is 19.8 Å². The fraction of sp³-hybridized carbons (Fsp3) is 0.429. The predicted octanol–water partition coefficient (Wildman–Crippen LogP) is -0.934. The number of amides is 2. The van der Waals surface area contributed by atoms with Crippen LogP contribution in [0.4, 0.5) is 5.69 Å². The van der Waals surface area contributed by atoms with Crippen molar-refractivity contribution in [2.75, 3.05) is 32.0 Å². The summed E-state index contributed by atoms with van der Waals surface area (Å²) in [5.41, 5.74) is 6.52. The van der Waals surface area contributed by atoms with E-state index >= 15 is 0 Å². The van der Waals surface area contributed by atoms with Crippen LogP contribution in [0.5, 0.6) is 0 Å². The Morgan fingerprint density at radius 2 is 1.31 bits per heavy atom. The zero-order valence-electron chi connectivity index (χ0n) is 13.4. The van der Waals surface area contributed by atoms with Gasteiger partial charge in [-0.1, -0.05) is 0 Å². The van der Waals surface area contributed by atoms with Crippen molar-refractivity contribution in [3.8, 4) is 0 Å². The number of nitrogens with one attached hydrogen (secondary N) is 2. The van der Waals surface area contributed by atoms with E-state index < -0.39 is 37.2 Å². The number of benzene rings is 1. The fourth-order valence-corrected chi connectivity index (χ4v) is 3.59. The number of nitrogen functional groups attached to an aromatic ring is 1. The second-order valence-corrected chi connectivity index (χ2v) is 7.26. The molecule has 1 aromatic rings. The minimum Gasteiger partial charge on any atom is -0.397 e. The molecule has 1 aromatic carbocycles. The number of halogens is 3. The largest absolute Gasteiger partial charge is 0.397 e. The Balaban J connectivity index is 0.00000625. The molecule has 2 atom stereocenters. The number of hydrogen-bond acceptors (Lipinski definition) is 7. The van der Waals surface area contributed by atoms with Crippen molar-refractivity contribution < 1.29 is 30.0 Å². The predicted molar refractivity (Wildman–Crippen MR) is 114 cm³/mol. The van der Waals surface area contributed by atoms with E-state index in [1.807, 2.05) is 45.2 Å². The highest BCUT2D eigenvalue weighted by atomic mass is 127. The van der Waals surface area contributed by atoms with Crippen LogP contribution in [-0.2, 0) is 0 Å². The molecule has 12 heteroatoms. The van der Waals surface area contributed by atoms with Crippen LogP contribution in [0.25, 0.3) is 0 Å². The molecular weight excluding hydrogens is 595 g/mol. The molecule has 0 fully saturated rings. The van der Waals surface area contributed by atoms with Crippen LogP contribution < -0.4 is 16.4 Å². The van der Waals surface area contributed by atoms with Gasteiger partial charge in [0.15, 0.2) is 0 Å². The number of nitrogens with two attached hydrogens (primary N) is 1. The first-order chi connectivity index (χ1) is 11.7. The quantitative estimate of drug-likeness (QED) is 0.147. The third-order valence-corrected chi connectivity index (χ3v) is 5.47. The summed E-state index contributed by atoms with van der Waals surface area (Å²) in [6.07, 6.45) is -2.18. The second-order valence-electron chi connectivity index (χ2n) is 5.11. The SMILES string of the molecule is Cl.Nc1c(I)c(C(=O)NCC(O)CO)cc(C(=O)NCC(O)CO)c1I. The maximum atomic E-state index is 12.3. The van der Waals surface area contributed by atoms with Gasteiger partial charge in [-0.05, 0) is 51.2 Å². The van der Waals surface area contributed by atoms with Crippen molar-refractivity contribution in [3.05, 3.63) is 24.3 Å². The van der Waals surface area contributed by atoms with E-state index in [4.69, 9.17) is 15.9 Å². The van der Waals surface area contributed by atoms with Gasteiger partial charge in [0, 0.05) is 20.2 Å². The molecule has 0 heterocycles. The lowest BCUT2D eigenvalue weighted by Crippen LogP contribution is -2.36. The molecule has 0 aliphatic heterocycles. The molecule has 26 heavy (non-hydrogen) atoms. The van der Waals surface area contributed by atoms with Gasteiger partial charge >= 0.3 is 0 Å². The molecular formula is C14H20ClI2N3O6. The minimum absolute atomic E-state index is 0. The van der Waals surface area contributed by atoms with Crippen LogP contribution in [0.3, 0.4) is 0 Å². The Morgan fingerprint density at radius 3 is 1.62 bits per heavy atom. The lowest BCUT2D eigenvalue weighted by Gasteiger charge is -2.15. The normalized spacial score (nSPS) is 12.7. The number of aliphatic hydroxyl groups excluding tert-OH is 4. The molecule has 2 amide bonds. The lowest BCUT2D eigenvalue weighted by molar-refractivity contribution is 0.0799. The third-order valence-electron chi connectivity index (χ3n) is 3.14. The zero-order chi connectivity index (χ0) is 19.1. The molecule has 148 valence electrons. The van der Waals surface area contributed by atoms with Gasteiger partial charge in [-0.2, -0.15) is 0 Å². The summed E-state index contributed by atoms with van der Waals surface area (Å²) in [7, 11) is 0. The first-order valence-corrected chi connectivity index (χ1v) is 9.30. The Kier molecular flexibility index (Phi) is 11.9. The highest BCUT2D eigenvalue weighted by molar-refractivity contribution is 14.1. The average Bonchev–Trinajstić information content (AvgIpc) is 2.61. The Morgan fingerprint density at radius 1 is 0.962 bits per heavy atom. The van der Waals surface area contributed by atoms with E-state index in [2.05, 4.69) is 10.6 Å². The molecule has 0 aliphatic rings. The number of aliphatic hydroxyl groups is 4. The number of carbonyl (C=O) groups excluding carboxylic acids is 2. The molecule has 0 radical (unpaired) electrons. The Hall–Kier alpha value is -0.450. The number of hydrogen-bond donors (Lipinski definition) is 7. The number of rotatable bonds is 8. The summed E-state index contributed by atoms with van der Waals surface area (Å²) < 4.78 is 0.898. The highest BCUT2D eigenvalue weighted by Crippen LogP contribution is 2.29. The second kappa shape index (κ2) is 12.1. The zero-order valence-corrected chi connectivity index (χ0v) is 18.5. The van der Waals surface area contributed by atoms with Gasteiger partial charge in [-0.3, -0.25) is 9.59 Å². The van der Waals surface area contributed by atoms with Crippen LogP contribution in [0.1, 0.15) is 20.7 Å². The van der Waals surface area contributed by atoms with E-state index in [1.54, 1.807) is 0 Å². The van der Waals surface area contributed by atoms with E-state index in [1.165, 1.54) is 6.07 Å². The third kappa shape index (κ3) is 6.94. The number of carbonyl (C=O) groups is 2. The maximum Gasteiger partial charge on any atom is 0.252 e. The summed E-state index contributed by atoms with van der Waals surface area (Å²) in [6.45, 7) is -1.29. The molecule has 0 saturated carbocycles. The summed E-state index contributed by atoms with van der Waals surface area (Å²) >= 11 is 3.77. The maximum absolute atomic E-state index is 12.3. The van der Waals surface area contributed by atoms with Gasteiger partial charge < -0.3 is 36.8 Å². The standard InChI is InChI=1S/C14H19I2N3O6.ClH/c15-10-8(13(24)18-2-6(22)4-20)1-9(11(16)12(10)17)14(25)19-3-7(23)5-21;/h1,6-7,20-23H,2-5,17H2,(H,18,24)(H,19,25);1H. The van der Waals surface area contributed by atoms with Crippen LogP contribution in [0, 0.1) is 7.14 Å². The van der Waals surface area contributed by atoms with Crippen molar-refractivity contribution >= 4 is 75.1 Å². The molecule has 0 aliphatic carbocycles. The van der Waals surface area contributed by atoms with Crippen molar-refractivity contribution in [1.82, 2.24) is 10.6 Å². The molecule has 0 bridgehead atoms. The van der Waals surface area contributed by atoms with E-state index in [0.717, 1.165) is 0 Å². The molecule has 1 rings (SSSR count). The van der Waals surface area contributed by atoms with Crippen molar-refractivity contribution in [2.24, 2.45) is 0 Å². The number of anilines is 1. The summed E-state index contributed by atoms with van der Waals surface area (Å²) in [6, 6.07) is 1.36. The molecule has 2 unspecified atom stereocenters. The average molecular weight is 616 g/mol. The van der Waals surface area contributed by atoms with Crippen LogP contribution >= 0.6 is 57.6 Å². The van der Waals surface area contributed by atoms with Gasteiger partial charge in [0.1, 0.15) is 0 Å². The van der Waals surface area contributed by atoms with Crippen molar-refractivity contribution in [1.29, 1.82) is 0 Å². The van der Waals surface area contributed by atoms with Crippen LogP contribution in [0.15, 0.2) is 6.07 Å². The van der Waals surface area contributed by atoms with Crippen molar-refractivity contribution in [2.45, 2.75) is 12.2 Å². The minimum atomic E-state index is -1.09. The van der Waals surface area contributed by atoms with Crippen molar-refractivity contribution in [3.63, 3.8) is 0 Å². The van der Waals surface area contributed by atoms with Crippen LogP contribution in [-0.4, -0.2) is 70.8 Å². The fourth-order valence-electron chi connectivity index (χ4n) is 1.73. The summed E-state index contributed by atoms with van der Waals surface area (Å²) in [5.74, 6) is -1.10. The Labute approximate surface area is 183 Å². The first-order valence-electron chi connectivity index (χ1n) is 7.14. The Bertz CT molecular complexity index is 599. The first kappa shape index (κ1) is 25.6. The summed E-state index contributed by atoms with van der Waals surface area (Å²) in [4.78, 5) is 24.5. The van der Waals surface area contributed by atoms with Gasteiger partial charge in [0.2, 0.25) is 0 Å². The van der Waals surface area contributed by atoms with Gasteiger partial charge in [-0.25, -0.2) is 0 Å². The highest BCUT2D eigenvalue weighted by Gasteiger charge is 2.22. The van der Waals surface area contributed by atoms with Gasteiger partial charge in [0.25, 0.3) is 11.8 Å². The molecule has 9 nitrogen and oxygen atoms in total. The molecule has 8 N–H and O–H groups in total. The lowest BCUT2D eigenvalue weighted by atomic mass is 10.1. The van der Waals surface area contributed by atoms with Gasteiger partial charge in [-0.15, -0.1) is 12.4 Å². The van der Waals surface area contributed by atoms with Gasteiger partial charge in [0.05, 0.1) is 42.2 Å². The molecule has 0 aromatic heterocycles. The van der Waals surface area contributed by atoms with Crippen LogP contribution in [0.2, 0.25) is 0 Å². The van der Waals surface area contributed by atoms with E-state index in [0.29, 0.717) is 7.14 Å². The monoisotopic (exact) mass is 615 g/mol. The summed E-state index contributed by atoms with van der Waals surface area (Å²) in [5, 5.41) is 41.1.